The summed E-state index contributed by atoms with van der Waals surface area (Å²) in [6.07, 6.45) is 2.74. The van der Waals surface area contributed by atoms with Gasteiger partial charge in [0.25, 0.3) is 0 Å². The van der Waals surface area contributed by atoms with Crippen LogP contribution in [0.25, 0.3) is 0 Å². The lowest BCUT2D eigenvalue weighted by Crippen LogP contribution is -2.02. The van der Waals surface area contributed by atoms with Crippen molar-refractivity contribution >= 4 is 23.3 Å². The van der Waals surface area contributed by atoms with Gasteiger partial charge in [0.05, 0.1) is 0 Å². The molecule has 0 unspecified atom stereocenters. The standard InChI is InChI=1S/C10H12N4S2/c1-7-13-10(16-14-7)15-9-3-2-8(4-5-11)6-12-9/h2-3,6H,4-5,11H2,1H3. The van der Waals surface area contributed by atoms with Gasteiger partial charge in [0.1, 0.15) is 10.9 Å². The average molecular weight is 252 g/mol. The Labute approximate surface area is 102 Å². The highest BCUT2D eigenvalue weighted by molar-refractivity contribution is 8.00. The van der Waals surface area contributed by atoms with Crippen LogP contribution in [0.3, 0.4) is 0 Å². The molecule has 84 valence electrons. The molecule has 0 bridgehead atoms. The largest absolute Gasteiger partial charge is 0.330 e. The topological polar surface area (TPSA) is 64.7 Å². The predicted octanol–water partition coefficient (Wildman–Crippen LogP) is 1.89. The van der Waals surface area contributed by atoms with E-state index in [1.165, 1.54) is 28.9 Å². The van der Waals surface area contributed by atoms with Crippen molar-refractivity contribution in [1.82, 2.24) is 14.3 Å². The maximum Gasteiger partial charge on any atom is 0.176 e. The second-order valence-electron chi connectivity index (χ2n) is 3.25. The molecule has 0 aliphatic carbocycles. The number of nitrogens with zero attached hydrogens (tertiary/aromatic N) is 3. The number of pyridine rings is 1. The minimum Gasteiger partial charge on any atom is -0.330 e. The van der Waals surface area contributed by atoms with Gasteiger partial charge in [0.15, 0.2) is 4.34 Å². The van der Waals surface area contributed by atoms with Crippen molar-refractivity contribution in [3.8, 4) is 0 Å². The second-order valence-corrected chi connectivity index (χ2v) is 5.27. The smallest absolute Gasteiger partial charge is 0.176 e. The highest BCUT2D eigenvalue weighted by Crippen LogP contribution is 2.27. The molecule has 6 heteroatoms. The van der Waals surface area contributed by atoms with Gasteiger partial charge in [-0.15, -0.1) is 0 Å². The zero-order chi connectivity index (χ0) is 11.4. The fourth-order valence-corrected chi connectivity index (χ4v) is 2.73. The molecule has 0 aromatic carbocycles. The van der Waals surface area contributed by atoms with Crippen LogP contribution in [0.2, 0.25) is 0 Å². The number of nitrogens with two attached hydrogens (primary N) is 1. The molecule has 0 fully saturated rings. The van der Waals surface area contributed by atoms with Crippen molar-refractivity contribution in [1.29, 1.82) is 0 Å². The molecule has 2 rings (SSSR count). The van der Waals surface area contributed by atoms with Crippen LogP contribution in [0.5, 0.6) is 0 Å². The van der Waals surface area contributed by atoms with Gasteiger partial charge in [-0.3, -0.25) is 0 Å². The lowest BCUT2D eigenvalue weighted by Gasteiger charge is -1.99. The molecule has 0 atom stereocenters. The molecule has 0 amide bonds. The molecule has 16 heavy (non-hydrogen) atoms. The third-order valence-corrected chi connectivity index (χ3v) is 3.72. The van der Waals surface area contributed by atoms with Crippen LogP contribution in [0.15, 0.2) is 27.7 Å². The van der Waals surface area contributed by atoms with E-state index in [1.807, 2.05) is 19.2 Å². The number of rotatable bonds is 4. The fourth-order valence-electron chi connectivity index (χ4n) is 1.19. The Morgan fingerprint density at radius 1 is 1.44 bits per heavy atom. The maximum atomic E-state index is 5.48. The van der Waals surface area contributed by atoms with Gasteiger partial charge in [0, 0.05) is 6.20 Å². The van der Waals surface area contributed by atoms with E-state index in [9.17, 15) is 0 Å². The Kier molecular flexibility index (Phi) is 3.87. The minimum atomic E-state index is 0.657. The second kappa shape index (κ2) is 5.38. The molecular formula is C10H12N4S2. The zero-order valence-electron chi connectivity index (χ0n) is 8.88. The zero-order valence-corrected chi connectivity index (χ0v) is 10.5. The molecule has 2 aromatic heterocycles. The summed E-state index contributed by atoms with van der Waals surface area (Å²) in [6, 6.07) is 4.04. The lowest BCUT2D eigenvalue weighted by molar-refractivity contribution is 0.945. The number of hydrogen-bond acceptors (Lipinski definition) is 6. The van der Waals surface area contributed by atoms with E-state index in [4.69, 9.17) is 5.73 Å². The molecule has 4 nitrogen and oxygen atoms in total. The number of hydrogen-bond donors (Lipinski definition) is 1. The summed E-state index contributed by atoms with van der Waals surface area (Å²) in [7, 11) is 0. The summed E-state index contributed by atoms with van der Waals surface area (Å²) in [6.45, 7) is 2.54. The van der Waals surface area contributed by atoms with E-state index < -0.39 is 0 Å². The molecule has 0 aliphatic heterocycles. The first-order chi connectivity index (χ1) is 7.78. The number of aromatic nitrogens is 3. The normalized spacial score (nSPS) is 10.6. The molecule has 2 N–H and O–H groups in total. The monoisotopic (exact) mass is 252 g/mol. The highest BCUT2D eigenvalue weighted by Gasteiger charge is 2.04. The van der Waals surface area contributed by atoms with E-state index in [0.29, 0.717) is 6.54 Å². The third-order valence-electron chi connectivity index (χ3n) is 1.93. The Bertz CT molecular complexity index is 452. The number of aryl methyl sites for hydroxylation is 1. The molecule has 2 heterocycles. The van der Waals surface area contributed by atoms with E-state index in [2.05, 4.69) is 20.4 Å². The van der Waals surface area contributed by atoms with E-state index in [1.54, 1.807) is 0 Å². The summed E-state index contributed by atoms with van der Waals surface area (Å²) in [4.78, 5) is 8.62. The van der Waals surface area contributed by atoms with Crippen molar-refractivity contribution in [3.05, 3.63) is 29.7 Å². The van der Waals surface area contributed by atoms with Crippen LogP contribution in [0, 0.1) is 6.92 Å². The van der Waals surface area contributed by atoms with Gasteiger partial charge in [-0.05, 0) is 54.8 Å². The van der Waals surface area contributed by atoms with Crippen LogP contribution in [-0.4, -0.2) is 20.9 Å². The summed E-state index contributed by atoms with van der Waals surface area (Å²) in [5, 5.41) is 0.942. The van der Waals surface area contributed by atoms with Gasteiger partial charge < -0.3 is 5.73 Å². The molecule has 0 spiro atoms. The highest BCUT2D eigenvalue weighted by atomic mass is 32.2. The first-order valence-electron chi connectivity index (χ1n) is 4.91. The fraction of sp³-hybridized carbons (Fsp3) is 0.300. The van der Waals surface area contributed by atoms with E-state index in [-0.39, 0.29) is 0 Å². The summed E-state index contributed by atoms with van der Waals surface area (Å²) < 4.78 is 5.05. The Hall–Kier alpha value is -0.980. The van der Waals surface area contributed by atoms with Crippen molar-refractivity contribution in [3.63, 3.8) is 0 Å². The molecule has 0 aliphatic rings. The van der Waals surface area contributed by atoms with Gasteiger partial charge in [-0.2, -0.15) is 4.37 Å². The van der Waals surface area contributed by atoms with Crippen LogP contribution >= 0.6 is 23.3 Å². The van der Waals surface area contributed by atoms with Crippen molar-refractivity contribution in [2.75, 3.05) is 6.54 Å². The Balaban J connectivity index is 2.05. The van der Waals surface area contributed by atoms with Gasteiger partial charge in [0.2, 0.25) is 0 Å². The van der Waals surface area contributed by atoms with E-state index in [0.717, 1.165) is 21.6 Å². The molecular weight excluding hydrogens is 240 g/mol. The molecule has 0 saturated carbocycles. The Morgan fingerprint density at radius 3 is 2.88 bits per heavy atom. The van der Waals surface area contributed by atoms with Crippen molar-refractivity contribution in [2.24, 2.45) is 5.73 Å². The average Bonchev–Trinajstić information content (AvgIpc) is 2.67. The van der Waals surface area contributed by atoms with Crippen LogP contribution in [0.1, 0.15) is 11.4 Å². The quantitative estimate of drug-likeness (QED) is 0.900. The first-order valence-corrected chi connectivity index (χ1v) is 6.50. The van der Waals surface area contributed by atoms with Crippen LogP contribution < -0.4 is 5.73 Å². The summed E-state index contributed by atoms with van der Waals surface area (Å²) >= 11 is 2.94. The lowest BCUT2D eigenvalue weighted by atomic mass is 10.2. The Morgan fingerprint density at radius 2 is 2.31 bits per heavy atom. The van der Waals surface area contributed by atoms with E-state index >= 15 is 0 Å². The first kappa shape index (κ1) is 11.5. The SMILES string of the molecule is Cc1nsc(Sc2ccc(CCN)cn2)n1. The molecule has 0 radical (unpaired) electrons. The van der Waals surface area contributed by atoms with Gasteiger partial charge >= 0.3 is 0 Å². The minimum absolute atomic E-state index is 0.657. The maximum absolute atomic E-state index is 5.48. The van der Waals surface area contributed by atoms with Crippen molar-refractivity contribution < 1.29 is 0 Å². The molecule has 0 saturated heterocycles. The third kappa shape index (κ3) is 3.01. The van der Waals surface area contributed by atoms with Crippen molar-refractivity contribution in [2.45, 2.75) is 22.7 Å². The van der Waals surface area contributed by atoms with Gasteiger partial charge in [-0.1, -0.05) is 6.07 Å². The molecule has 2 aromatic rings. The van der Waals surface area contributed by atoms with Gasteiger partial charge in [-0.25, -0.2) is 9.97 Å². The predicted molar refractivity (Wildman–Crippen MR) is 65.8 cm³/mol. The van der Waals surface area contributed by atoms with Crippen LogP contribution in [0.4, 0.5) is 0 Å². The summed E-state index contributed by atoms with van der Waals surface area (Å²) in [5.41, 5.74) is 6.64. The summed E-state index contributed by atoms with van der Waals surface area (Å²) in [5.74, 6) is 0.812. The van der Waals surface area contributed by atoms with Crippen LogP contribution in [-0.2, 0) is 6.42 Å².